The first-order valence-corrected chi connectivity index (χ1v) is 4.76. The van der Waals surface area contributed by atoms with E-state index in [1.165, 1.54) is 0 Å². The Morgan fingerprint density at radius 1 is 1.14 bits per heavy atom. The van der Waals surface area contributed by atoms with Gasteiger partial charge in [0.25, 0.3) is 0 Å². The number of unbranched alkanes of at least 4 members (excludes halogenated alkanes) is 1. The van der Waals surface area contributed by atoms with Crippen LogP contribution >= 0.6 is 0 Å². The molecule has 1 aromatic rings. The number of aryl methyl sites for hydroxylation is 1. The lowest BCUT2D eigenvalue weighted by Gasteiger charge is -2.05. The highest BCUT2D eigenvalue weighted by molar-refractivity contribution is 5.20. The molecule has 0 fully saturated rings. The average Bonchev–Trinajstić information content (AvgIpc) is 2.25. The minimum atomic E-state index is 0.558. The molecule has 0 N–H and O–H groups in total. The molecule has 0 saturated heterocycles. The monoisotopic (exact) mass is 196 g/mol. The van der Waals surface area contributed by atoms with Crippen LogP contribution in [0.4, 0.5) is 0 Å². The Morgan fingerprint density at radius 2 is 1.71 bits per heavy atom. The zero-order valence-electron chi connectivity index (χ0n) is 8.91. The van der Waals surface area contributed by atoms with Crippen LogP contribution in [0.2, 0.25) is 0 Å². The Kier molecular flexibility index (Phi) is 4.16. The summed E-state index contributed by atoms with van der Waals surface area (Å²) in [5.41, 5.74) is 0. The molecule has 0 amide bonds. The predicted octanol–water partition coefficient (Wildman–Crippen LogP) is 1.84. The lowest BCUT2D eigenvalue weighted by atomic mass is 10.2. The van der Waals surface area contributed by atoms with Gasteiger partial charge in [-0.05, 0) is 6.42 Å². The summed E-state index contributed by atoms with van der Waals surface area (Å²) in [6.07, 6.45) is 3.07. The third-order valence-corrected chi connectivity index (χ3v) is 1.90. The Labute approximate surface area is 84.3 Å². The summed E-state index contributed by atoms with van der Waals surface area (Å²) >= 11 is 0. The van der Waals surface area contributed by atoms with Crippen molar-refractivity contribution in [1.29, 1.82) is 0 Å². The summed E-state index contributed by atoms with van der Waals surface area (Å²) in [7, 11) is 3.18. The van der Waals surface area contributed by atoms with Gasteiger partial charge in [-0.2, -0.15) is 9.97 Å². The van der Waals surface area contributed by atoms with Gasteiger partial charge < -0.3 is 9.47 Å². The highest BCUT2D eigenvalue weighted by Crippen LogP contribution is 2.15. The molecule has 1 aromatic heterocycles. The molecular weight excluding hydrogens is 180 g/mol. The first-order valence-electron chi connectivity index (χ1n) is 4.76. The molecule has 0 aliphatic carbocycles. The van der Waals surface area contributed by atoms with Crippen molar-refractivity contribution in [2.45, 2.75) is 26.2 Å². The van der Waals surface area contributed by atoms with Gasteiger partial charge in [-0.25, -0.2) is 0 Å². The standard InChI is InChI=1S/C10H16N2O2/c1-4-5-6-8-11-9(13-2)7-10(12-8)14-3/h7H,4-6H2,1-3H3. The number of ether oxygens (including phenoxy) is 2. The van der Waals surface area contributed by atoms with Crippen LogP contribution in [0.1, 0.15) is 25.6 Å². The molecule has 4 nitrogen and oxygen atoms in total. The molecule has 0 bridgehead atoms. The second-order valence-corrected chi connectivity index (χ2v) is 2.97. The molecule has 0 unspecified atom stereocenters. The quantitative estimate of drug-likeness (QED) is 0.720. The highest BCUT2D eigenvalue weighted by atomic mass is 16.5. The molecule has 14 heavy (non-hydrogen) atoms. The van der Waals surface area contributed by atoms with E-state index in [-0.39, 0.29) is 0 Å². The molecule has 0 aliphatic rings. The number of nitrogens with zero attached hydrogens (tertiary/aromatic N) is 2. The van der Waals surface area contributed by atoms with Crippen molar-refractivity contribution in [2.75, 3.05) is 14.2 Å². The summed E-state index contributed by atoms with van der Waals surface area (Å²) in [5.74, 6) is 1.90. The van der Waals surface area contributed by atoms with Gasteiger partial charge in [0.2, 0.25) is 11.8 Å². The lowest BCUT2D eigenvalue weighted by Crippen LogP contribution is -2.00. The van der Waals surface area contributed by atoms with Gasteiger partial charge in [-0.15, -0.1) is 0 Å². The molecular formula is C10H16N2O2. The van der Waals surface area contributed by atoms with E-state index in [2.05, 4.69) is 16.9 Å². The topological polar surface area (TPSA) is 44.2 Å². The zero-order valence-corrected chi connectivity index (χ0v) is 8.91. The van der Waals surface area contributed by atoms with Crippen LogP contribution in [0.25, 0.3) is 0 Å². The van der Waals surface area contributed by atoms with Gasteiger partial charge in [-0.3, -0.25) is 0 Å². The van der Waals surface area contributed by atoms with Crippen molar-refractivity contribution >= 4 is 0 Å². The summed E-state index contributed by atoms with van der Waals surface area (Å²) in [4.78, 5) is 8.45. The van der Waals surface area contributed by atoms with Gasteiger partial charge >= 0.3 is 0 Å². The number of rotatable bonds is 5. The normalized spacial score (nSPS) is 9.93. The van der Waals surface area contributed by atoms with E-state index in [9.17, 15) is 0 Å². The molecule has 1 heterocycles. The van der Waals surface area contributed by atoms with Crippen LogP contribution in [-0.2, 0) is 6.42 Å². The van der Waals surface area contributed by atoms with E-state index in [4.69, 9.17) is 9.47 Å². The van der Waals surface area contributed by atoms with Crippen molar-refractivity contribution < 1.29 is 9.47 Å². The van der Waals surface area contributed by atoms with Gasteiger partial charge in [0.15, 0.2) is 0 Å². The van der Waals surface area contributed by atoms with Gasteiger partial charge in [0.1, 0.15) is 5.82 Å². The van der Waals surface area contributed by atoms with Crippen molar-refractivity contribution in [2.24, 2.45) is 0 Å². The smallest absolute Gasteiger partial charge is 0.220 e. The Bertz CT molecular complexity index is 267. The maximum Gasteiger partial charge on any atom is 0.220 e. The summed E-state index contributed by atoms with van der Waals surface area (Å²) in [5, 5.41) is 0. The molecule has 1 rings (SSSR count). The number of aromatic nitrogens is 2. The minimum Gasteiger partial charge on any atom is -0.481 e. The fourth-order valence-electron chi connectivity index (χ4n) is 1.11. The summed E-state index contributed by atoms with van der Waals surface area (Å²) in [6.45, 7) is 2.14. The minimum absolute atomic E-state index is 0.558. The fourth-order valence-corrected chi connectivity index (χ4v) is 1.11. The Morgan fingerprint density at radius 3 is 2.14 bits per heavy atom. The number of hydrogen-bond donors (Lipinski definition) is 0. The third-order valence-electron chi connectivity index (χ3n) is 1.90. The first kappa shape index (κ1) is 10.8. The molecule has 4 heteroatoms. The average molecular weight is 196 g/mol. The molecule has 0 saturated carbocycles. The Hall–Kier alpha value is -1.32. The summed E-state index contributed by atoms with van der Waals surface area (Å²) < 4.78 is 10.1. The van der Waals surface area contributed by atoms with Gasteiger partial charge in [-0.1, -0.05) is 13.3 Å². The summed E-state index contributed by atoms with van der Waals surface area (Å²) in [6, 6.07) is 1.68. The van der Waals surface area contributed by atoms with Crippen molar-refractivity contribution in [3.05, 3.63) is 11.9 Å². The largest absolute Gasteiger partial charge is 0.481 e. The van der Waals surface area contributed by atoms with Crippen LogP contribution in [-0.4, -0.2) is 24.2 Å². The molecule has 78 valence electrons. The van der Waals surface area contributed by atoms with Crippen LogP contribution < -0.4 is 9.47 Å². The maximum atomic E-state index is 5.05. The molecule has 0 spiro atoms. The van der Waals surface area contributed by atoms with E-state index < -0.39 is 0 Å². The van der Waals surface area contributed by atoms with E-state index in [1.54, 1.807) is 20.3 Å². The van der Waals surface area contributed by atoms with E-state index >= 15 is 0 Å². The second-order valence-electron chi connectivity index (χ2n) is 2.97. The van der Waals surface area contributed by atoms with Crippen molar-refractivity contribution in [3.8, 4) is 11.8 Å². The van der Waals surface area contributed by atoms with Crippen LogP contribution in [0.5, 0.6) is 11.8 Å². The van der Waals surface area contributed by atoms with Crippen LogP contribution in [0.15, 0.2) is 6.07 Å². The predicted molar refractivity (Wildman–Crippen MR) is 53.7 cm³/mol. The highest BCUT2D eigenvalue weighted by Gasteiger charge is 2.04. The first-order chi connectivity index (χ1) is 6.80. The molecule has 0 atom stereocenters. The number of hydrogen-bond acceptors (Lipinski definition) is 4. The van der Waals surface area contributed by atoms with E-state index in [0.29, 0.717) is 11.8 Å². The second kappa shape index (κ2) is 5.42. The van der Waals surface area contributed by atoms with Crippen molar-refractivity contribution in [3.63, 3.8) is 0 Å². The lowest BCUT2D eigenvalue weighted by molar-refractivity contribution is 0.368. The molecule has 0 aromatic carbocycles. The maximum absolute atomic E-state index is 5.05. The SMILES string of the molecule is CCCCc1nc(OC)cc(OC)n1. The van der Waals surface area contributed by atoms with Crippen LogP contribution in [0.3, 0.4) is 0 Å². The molecule has 0 aliphatic heterocycles. The van der Waals surface area contributed by atoms with Crippen LogP contribution in [0, 0.1) is 0 Å². The fraction of sp³-hybridized carbons (Fsp3) is 0.600. The van der Waals surface area contributed by atoms with E-state index in [0.717, 1.165) is 25.1 Å². The Balaban J connectivity index is 2.81. The van der Waals surface area contributed by atoms with Gasteiger partial charge in [0, 0.05) is 6.42 Å². The van der Waals surface area contributed by atoms with Crippen molar-refractivity contribution in [1.82, 2.24) is 9.97 Å². The molecule has 0 radical (unpaired) electrons. The van der Waals surface area contributed by atoms with Gasteiger partial charge in [0.05, 0.1) is 20.3 Å². The number of methoxy groups -OCH3 is 2. The van der Waals surface area contributed by atoms with E-state index in [1.807, 2.05) is 0 Å². The third kappa shape index (κ3) is 2.87. The zero-order chi connectivity index (χ0) is 10.4.